The van der Waals surface area contributed by atoms with E-state index in [4.69, 9.17) is 17.3 Å². The van der Waals surface area contributed by atoms with Crippen LogP contribution in [0.3, 0.4) is 0 Å². The first-order chi connectivity index (χ1) is 9.27. The summed E-state index contributed by atoms with van der Waals surface area (Å²) in [6.07, 6.45) is 0.685. The second kappa shape index (κ2) is 6.70. The van der Waals surface area contributed by atoms with Crippen LogP contribution in [-0.4, -0.2) is 17.9 Å². The number of benzene rings is 1. The molecule has 20 heavy (non-hydrogen) atoms. The Kier molecular flexibility index (Phi) is 5.51. The zero-order chi connectivity index (χ0) is 15.4. The normalized spacial score (nSPS) is 13.7. The van der Waals surface area contributed by atoms with Gasteiger partial charge in [0.2, 0.25) is 5.91 Å². The standard InChI is InChI=1S/C14H18ClFN2O2/c1-4-7(2)12(13(17)19)18-14(20)9-5-8(3)11(16)6-10(9)15/h5-7,12H,4H2,1-3H3,(H2,17,19)(H,18,20)/t7-,12+/m1/s1. The SMILES string of the molecule is CC[C@@H](C)[C@H](NC(=O)c1cc(C)c(F)cc1Cl)C(N)=O. The van der Waals surface area contributed by atoms with Crippen LogP contribution in [0.4, 0.5) is 4.39 Å². The minimum absolute atomic E-state index is 0.00188. The lowest BCUT2D eigenvalue weighted by atomic mass is 9.98. The molecule has 0 aliphatic heterocycles. The smallest absolute Gasteiger partial charge is 0.253 e. The number of primary amides is 1. The molecule has 0 heterocycles. The van der Waals surface area contributed by atoms with Crippen LogP contribution >= 0.6 is 11.6 Å². The first-order valence-electron chi connectivity index (χ1n) is 6.33. The maximum Gasteiger partial charge on any atom is 0.253 e. The summed E-state index contributed by atoms with van der Waals surface area (Å²) in [6, 6.07) is 1.64. The number of carbonyl (C=O) groups is 2. The number of amides is 2. The van der Waals surface area contributed by atoms with E-state index in [2.05, 4.69) is 5.32 Å². The summed E-state index contributed by atoms with van der Waals surface area (Å²) in [5, 5.41) is 2.55. The quantitative estimate of drug-likeness (QED) is 0.876. The molecule has 0 aliphatic rings. The van der Waals surface area contributed by atoms with Gasteiger partial charge in [-0.25, -0.2) is 4.39 Å². The monoisotopic (exact) mass is 300 g/mol. The van der Waals surface area contributed by atoms with Crippen molar-refractivity contribution in [3.63, 3.8) is 0 Å². The van der Waals surface area contributed by atoms with Crippen molar-refractivity contribution in [1.82, 2.24) is 5.32 Å². The number of hydrogen-bond donors (Lipinski definition) is 2. The molecule has 0 saturated carbocycles. The highest BCUT2D eigenvalue weighted by atomic mass is 35.5. The van der Waals surface area contributed by atoms with Crippen LogP contribution in [0.25, 0.3) is 0 Å². The molecule has 0 bridgehead atoms. The van der Waals surface area contributed by atoms with Crippen LogP contribution in [-0.2, 0) is 4.79 Å². The molecule has 0 aliphatic carbocycles. The molecule has 0 aromatic heterocycles. The first-order valence-corrected chi connectivity index (χ1v) is 6.71. The second-order valence-corrected chi connectivity index (χ2v) is 5.23. The molecule has 1 aromatic carbocycles. The highest BCUT2D eigenvalue weighted by Gasteiger charge is 2.25. The third kappa shape index (κ3) is 3.70. The van der Waals surface area contributed by atoms with E-state index < -0.39 is 23.7 Å². The third-order valence-corrected chi connectivity index (χ3v) is 3.61. The van der Waals surface area contributed by atoms with E-state index in [-0.39, 0.29) is 16.5 Å². The van der Waals surface area contributed by atoms with Crippen molar-refractivity contribution < 1.29 is 14.0 Å². The molecule has 4 nitrogen and oxygen atoms in total. The molecule has 0 spiro atoms. The van der Waals surface area contributed by atoms with E-state index >= 15 is 0 Å². The molecule has 0 saturated heterocycles. The first kappa shape index (κ1) is 16.4. The van der Waals surface area contributed by atoms with Crippen LogP contribution in [0.15, 0.2) is 12.1 Å². The molecule has 0 unspecified atom stereocenters. The van der Waals surface area contributed by atoms with Crippen LogP contribution in [0.1, 0.15) is 36.2 Å². The van der Waals surface area contributed by atoms with Crippen LogP contribution in [0.5, 0.6) is 0 Å². The Hall–Kier alpha value is -1.62. The van der Waals surface area contributed by atoms with Crippen molar-refractivity contribution in [1.29, 1.82) is 0 Å². The Labute approximate surface area is 122 Å². The Morgan fingerprint density at radius 2 is 2.05 bits per heavy atom. The van der Waals surface area contributed by atoms with Crippen LogP contribution in [0.2, 0.25) is 5.02 Å². The number of aryl methyl sites for hydroxylation is 1. The molecular weight excluding hydrogens is 283 g/mol. The van der Waals surface area contributed by atoms with Gasteiger partial charge in [-0.3, -0.25) is 9.59 Å². The summed E-state index contributed by atoms with van der Waals surface area (Å²) < 4.78 is 13.3. The second-order valence-electron chi connectivity index (χ2n) is 4.82. The zero-order valence-electron chi connectivity index (χ0n) is 11.7. The minimum Gasteiger partial charge on any atom is -0.368 e. The van der Waals surface area contributed by atoms with Gasteiger partial charge < -0.3 is 11.1 Å². The largest absolute Gasteiger partial charge is 0.368 e. The fraction of sp³-hybridized carbons (Fsp3) is 0.429. The average molecular weight is 301 g/mol. The lowest BCUT2D eigenvalue weighted by Crippen LogP contribution is -2.48. The number of nitrogens with one attached hydrogen (secondary N) is 1. The minimum atomic E-state index is -0.783. The predicted molar refractivity (Wildman–Crippen MR) is 76.1 cm³/mol. The van der Waals surface area contributed by atoms with Gasteiger partial charge in [-0.15, -0.1) is 0 Å². The van der Waals surface area contributed by atoms with Gasteiger partial charge in [0.05, 0.1) is 10.6 Å². The van der Waals surface area contributed by atoms with E-state index in [1.165, 1.54) is 13.0 Å². The van der Waals surface area contributed by atoms with Crippen molar-refractivity contribution in [2.24, 2.45) is 11.7 Å². The fourth-order valence-electron chi connectivity index (χ4n) is 1.78. The summed E-state index contributed by atoms with van der Waals surface area (Å²) >= 11 is 5.86. The van der Waals surface area contributed by atoms with E-state index in [0.29, 0.717) is 12.0 Å². The molecule has 1 rings (SSSR count). The topological polar surface area (TPSA) is 72.2 Å². The molecule has 2 atom stereocenters. The Morgan fingerprint density at radius 3 is 2.55 bits per heavy atom. The van der Waals surface area contributed by atoms with Gasteiger partial charge in [-0.05, 0) is 30.5 Å². The Balaban J connectivity index is 3.01. The van der Waals surface area contributed by atoms with Gasteiger partial charge in [0.1, 0.15) is 11.9 Å². The number of carbonyl (C=O) groups excluding carboxylic acids is 2. The van der Waals surface area contributed by atoms with E-state index in [9.17, 15) is 14.0 Å². The summed E-state index contributed by atoms with van der Waals surface area (Å²) in [4.78, 5) is 23.5. The molecule has 0 fully saturated rings. The lowest BCUT2D eigenvalue weighted by molar-refractivity contribution is -0.120. The number of halogens is 2. The number of nitrogens with two attached hydrogens (primary N) is 1. The van der Waals surface area contributed by atoms with Crippen molar-refractivity contribution in [3.8, 4) is 0 Å². The molecule has 2 amide bonds. The summed E-state index contributed by atoms with van der Waals surface area (Å²) in [5.41, 5.74) is 5.71. The van der Waals surface area contributed by atoms with E-state index in [1.54, 1.807) is 0 Å². The highest BCUT2D eigenvalue weighted by Crippen LogP contribution is 2.21. The van der Waals surface area contributed by atoms with Gasteiger partial charge in [0.15, 0.2) is 0 Å². The molecule has 110 valence electrons. The molecule has 0 radical (unpaired) electrons. The maximum absolute atomic E-state index is 13.3. The van der Waals surface area contributed by atoms with Gasteiger partial charge in [-0.1, -0.05) is 31.9 Å². The van der Waals surface area contributed by atoms with Crippen LogP contribution in [0, 0.1) is 18.7 Å². The maximum atomic E-state index is 13.3. The molecule has 3 N–H and O–H groups in total. The predicted octanol–water partition coefficient (Wildman–Crippen LogP) is 2.42. The lowest BCUT2D eigenvalue weighted by Gasteiger charge is -2.21. The molecule has 6 heteroatoms. The van der Waals surface area contributed by atoms with E-state index in [0.717, 1.165) is 6.07 Å². The van der Waals surface area contributed by atoms with Crippen molar-refractivity contribution in [2.45, 2.75) is 33.2 Å². The Bertz CT molecular complexity index is 534. The van der Waals surface area contributed by atoms with Crippen molar-refractivity contribution >= 4 is 23.4 Å². The van der Waals surface area contributed by atoms with Gasteiger partial charge >= 0.3 is 0 Å². The Morgan fingerprint density at radius 1 is 1.45 bits per heavy atom. The van der Waals surface area contributed by atoms with Gasteiger partial charge in [0.25, 0.3) is 5.91 Å². The molecule has 1 aromatic rings. The fourth-order valence-corrected chi connectivity index (χ4v) is 2.02. The van der Waals surface area contributed by atoms with Gasteiger partial charge in [0, 0.05) is 0 Å². The summed E-state index contributed by atoms with van der Waals surface area (Å²) in [5.74, 6) is -1.73. The van der Waals surface area contributed by atoms with Gasteiger partial charge in [-0.2, -0.15) is 0 Å². The van der Waals surface area contributed by atoms with Crippen molar-refractivity contribution in [3.05, 3.63) is 34.1 Å². The van der Waals surface area contributed by atoms with Crippen molar-refractivity contribution in [2.75, 3.05) is 0 Å². The highest BCUT2D eigenvalue weighted by molar-refractivity contribution is 6.33. The van der Waals surface area contributed by atoms with E-state index in [1.807, 2.05) is 13.8 Å². The number of rotatable bonds is 5. The zero-order valence-corrected chi connectivity index (χ0v) is 12.4. The summed E-state index contributed by atoms with van der Waals surface area (Å²) in [6.45, 7) is 5.23. The molecular formula is C14H18ClFN2O2. The average Bonchev–Trinajstić information content (AvgIpc) is 2.38. The summed E-state index contributed by atoms with van der Waals surface area (Å²) in [7, 11) is 0. The third-order valence-electron chi connectivity index (χ3n) is 3.30. The number of hydrogen-bond acceptors (Lipinski definition) is 2. The van der Waals surface area contributed by atoms with Crippen LogP contribution < -0.4 is 11.1 Å².